The molecule has 13 atom stereocenters. The molecule has 1 aliphatic heterocycles. The number of likely N-dealkylation sites (N-methyl/N-ethyl adjacent to an activating group) is 7. The molecule has 0 radical (unpaired) electrons. The molecular weight excluding hydrogens is 1340 g/mol. The number of nitrogens with zero attached hydrogens (tertiary/aromatic N) is 10. The number of oxime groups is 1. The zero-order valence-electron chi connectivity index (χ0n) is 65.2. The third kappa shape index (κ3) is 25.6. The lowest BCUT2D eigenvalue weighted by atomic mass is 9.91. The molecule has 1 aliphatic rings. The smallest absolute Gasteiger partial charge is 0.246 e. The summed E-state index contributed by atoms with van der Waals surface area (Å²) < 4.78 is 6.27. The van der Waals surface area contributed by atoms with Gasteiger partial charge in [0.15, 0.2) is 11.7 Å². The van der Waals surface area contributed by atoms with Crippen LogP contribution < -0.4 is 27.0 Å². The molecule has 3 heterocycles. The minimum absolute atomic E-state index is 0.0282. The van der Waals surface area contributed by atoms with Gasteiger partial charge in [0.1, 0.15) is 60.4 Å². The molecular formula is C73H121N15O14S. The van der Waals surface area contributed by atoms with Gasteiger partial charge in [0.2, 0.25) is 65.0 Å². The maximum atomic E-state index is 15.3. The van der Waals surface area contributed by atoms with E-state index in [9.17, 15) is 33.9 Å². The number of aliphatic hydroxyl groups is 1. The number of aliphatic hydroxyl groups excluding tert-OH is 1. The topological polar surface area (TPSA) is 361 Å². The minimum Gasteiger partial charge on any atom is -0.390 e. The first-order chi connectivity index (χ1) is 48.1. The van der Waals surface area contributed by atoms with Crippen molar-refractivity contribution in [3.05, 3.63) is 42.4 Å². The number of hydrogen-bond acceptors (Lipinski definition) is 19. The Morgan fingerprint density at radius 3 is 1.68 bits per heavy atom. The first-order valence-electron chi connectivity index (χ1n) is 35.9. The number of amides is 11. The van der Waals surface area contributed by atoms with Crippen LogP contribution in [0.3, 0.4) is 0 Å². The van der Waals surface area contributed by atoms with E-state index in [0.717, 1.165) is 25.1 Å². The van der Waals surface area contributed by atoms with Crippen LogP contribution in [0.4, 0.5) is 5.13 Å². The molecule has 2 aromatic rings. The number of aromatic nitrogens is 2. The lowest BCUT2D eigenvalue weighted by molar-refractivity contribution is -0.157. The van der Waals surface area contributed by atoms with E-state index in [1.165, 1.54) is 94.1 Å². The average molecular weight is 1460 g/mol. The highest BCUT2D eigenvalue weighted by atomic mass is 32.1. The Balaban J connectivity index is 2.21. The number of nitrogens with two attached hydrogens (primary N) is 1. The van der Waals surface area contributed by atoms with Crippen LogP contribution >= 0.6 is 11.3 Å². The summed E-state index contributed by atoms with van der Waals surface area (Å²) in [6.07, 6.45) is 7.26. The van der Waals surface area contributed by atoms with Crippen molar-refractivity contribution < 1.29 is 67.4 Å². The maximum Gasteiger partial charge on any atom is 0.246 e. The van der Waals surface area contributed by atoms with Gasteiger partial charge in [-0.05, 0) is 114 Å². The van der Waals surface area contributed by atoms with Crippen molar-refractivity contribution in [2.75, 3.05) is 68.2 Å². The van der Waals surface area contributed by atoms with Gasteiger partial charge in [0.05, 0.1) is 29.3 Å². The van der Waals surface area contributed by atoms with Gasteiger partial charge in [-0.2, -0.15) is 0 Å². The van der Waals surface area contributed by atoms with Crippen LogP contribution in [0.2, 0.25) is 0 Å². The van der Waals surface area contributed by atoms with Crippen molar-refractivity contribution in [2.45, 2.75) is 235 Å². The van der Waals surface area contributed by atoms with Gasteiger partial charge < -0.3 is 76.0 Å². The number of rotatable bonds is 23. The predicted octanol–water partition coefficient (Wildman–Crippen LogP) is 4.71. The van der Waals surface area contributed by atoms with E-state index in [1.54, 1.807) is 92.2 Å². The Hall–Kier alpha value is -8.12. The van der Waals surface area contributed by atoms with E-state index in [4.69, 9.17) is 15.3 Å². The van der Waals surface area contributed by atoms with Gasteiger partial charge in [-0.1, -0.05) is 118 Å². The van der Waals surface area contributed by atoms with E-state index in [2.05, 4.69) is 36.4 Å². The minimum atomic E-state index is -1.66. The largest absolute Gasteiger partial charge is 0.390 e. The van der Waals surface area contributed by atoms with E-state index in [-0.39, 0.29) is 63.1 Å². The molecule has 30 heteroatoms. The molecule has 0 spiro atoms. The quantitative estimate of drug-likeness (QED) is 0.0380. The number of allylic oxidation sites excluding steroid dienone is 2. The summed E-state index contributed by atoms with van der Waals surface area (Å²) in [5.74, 6) is -10.4. The number of carbonyl (C=O) groups excluding carboxylic acids is 11. The molecule has 0 aromatic carbocycles. The molecule has 0 unspecified atom stereocenters. The molecule has 0 bridgehead atoms. The third-order valence-corrected chi connectivity index (χ3v) is 19.5. The first kappa shape index (κ1) is 89.1. The fourth-order valence-electron chi connectivity index (χ4n) is 12.3. The molecule has 0 saturated carbocycles. The number of anilines is 1. The number of nitrogens with one attached hydrogen (secondary N) is 4. The van der Waals surface area contributed by atoms with Crippen molar-refractivity contribution in [1.29, 1.82) is 0 Å². The molecule has 2 aromatic heterocycles. The summed E-state index contributed by atoms with van der Waals surface area (Å²) in [5, 5.41) is 27.7. The van der Waals surface area contributed by atoms with E-state index >= 15 is 24.0 Å². The fraction of sp³-hybridized carbons (Fsp3) is 0.699. The second-order valence-corrected chi connectivity index (χ2v) is 30.3. The SMILES string of the molecule is CC=CC[C@@H](C)[C@@H](O)[C@H]1C(=O)N[C@@H](CC)C(=O)N(C)CC(=O)N(C)[C@@H]([C@@H](C)OCCCC=NOCc2ccc(-c3cnc(N)s3)cn2)C(=O)N[C@@H](C(C)C)C(=O)N(C)[C@@H](CC(C)C)C(=O)N[C@@H](C)C(=O)N[C@H](C)C(=O)N(C)[C@@H](CC(C)C)C(=O)N(C)[C@@H](CC(C)C)C(=O)N(C)[C@@H](C(C)C)C(=O)N1C. The Kier molecular flexibility index (Phi) is 36.3. The second-order valence-electron chi connectivity index (χ2n) is 29.3. The normalized spacial score (nSPS) is 24.6. The van der Waals surface area contributed by atoms with Crippen molar-refractivity contribution in [3.8, 4) is 10.4 Å². The van der Waals surface area contributed by atoms with Crippen molar-refractivity contribution >= 4 is 87.7 Å². The predicted molar refractivity (Wildman–Crippen MR) is 397 cm³/mol. The Morgan fingerprint density at radius 2 is 1.16 bits per heavy atom. The van der Waals surface area contributed by atoms with Crippen molar-refractivity contribution in [1.82, 2.24) is 65.5 Å². The Morgan fingerprint density at radius 1 is 0.612 bits per heavy atom. The highest BCUT2D eigenvalue weighted by Gasteiger charge is 2.46. The highest BCUT2D eigenvalue weighted by Crippen LogP contribution is 2.28. The molecule has 11 amide bonds. The number of pyridine rings is 1. The molecule has 3 rings (SSSR count). The summed E-state index contributed by atoms with van der Waals surface area (Å²) in [6.45, 7) is 27.0. The van der Waals surface area contributed by atoms with E-state index in [1.807, 2.05) is 47.6 Å². The summed E-state index contributed by atoms with van der Waals surface area (Å²) >= 11 is 1.34. The summed E-state index contributed by atoms with van der Waals surface area (Å²) in [6, 6.07) is -9.45. The molecule has 578 valence electrons. The average Bonchev–Trinajstić information content (AvgIpc) is 1.27. The number of thiazole rings is 1. The van der Waals surface area contributed by atoms with Gasteiger partial charge in [-0.15, -0.1) is 0 Å². The zero-order chi connectivity index (χ0) is 78.2. The van der Waals surface area contributed by atoms with Crippen LogP contribution in [0.5, 0.6) is 0 Å². The monoisotopic (exact) mass is 1460 g/mol. The Bertz CT molecular complexity index is 3220. The summed E-state index contributed by atoms with van der Waals surface area (Å²) in [5.41, 5.74) is 7.27. The van der Waals surface area contributed by atoms with Crippen LogP contribution in [0.1, 0.15) is 161 Å². The molecule has 29 nitrogen and oxygen atoms in total. The summed E-state index contributed by atoms with van der Waals surface area (Å²) in [4.78, 5) is 186. The van der Waals surface area contributed by atoms with Crippen LogP contribution in [0, 0.1) is 35.5 Å². The van der Waals surface area contributed by atoms with Crippen LogP contribution in [0.15, 0.2) is 41.8 Å². The van der Waals surface area contributed by atoms with Crippen molar-refractivity contribution in [2.24, 2.45) is 40.7 Å². The zero-order valence-corrected chi connectivity index (χ0v) is 66.0. The van der Waals surface area contributed by atoms with Crippen molar-refractivity contribution in [3.63, 3.8) is 0 Å². The van der Waals surface area contributed by atoms with Gasteiger partial charge in [-0.3, -0.25) is 57.7 Å². The van der Waals surface area contributed by atoms with Crippen LogP contribution in [0.25, 0.3) is 10.4 Å². The van der Waals surface area contributed by atoms with Gasteiger partial charge >= 0.3 is 0 Å². The number of ether oxygens (including phenoxy) is 1. The van der Waals surface area contributed by atoms with Crippen LogP contribution in [-0.4, -0.2) is 256 Å². The van der Waals surface area contributed by atoms with Gasteiger partial charge in [-0.25, -0.2) is 4.98 Å². The third-order valence-electron chi connectivity index (χ3n) is 18.6. The van der Waals surface area contributed by atoms with Gasteiger partial charge in [0.25, 0.3) is 0 Å². The number of carbonyl (C=O) groups is 11. The lowest BCUT2D eigenvalue weighted by Gasteiger charge is -2.41. The second kappa shape index (κ2) is 42.0. The molecule has 103 heavy (non-hydrogen) atoms. The van der Waals surface area contributed by atoms with E-state index in [0.29, 0.717) is 23.7 Å². The van der Waals surface area contributed by atoms with Crippen LogP contribution in [-0.2, 0) is 68.9 Å². The Labute approximate surface area is 614 Å². The van der Waals surface area contributed by atoms with E-state index < -0.39 is 162 Å². The highest BCUT2D eigenvalue weighted by molar-refractivity contribution is 7.18. The number of nitrogen functional groups attached to an aromatic ring is 1. The van der Waals surface area contributed by atoms with Gasteiger partial charge in [0, 0.05) is 80.1 Å². The molecule has 1 saturated heterocycles. The number of unbranched alkanes of at least 4 members (excludes halogenated alkanes) is 1. The molecule has 0 aliphatic carbocycles. The molecule has 7 N–H and O–H groups in total. The lowest BCUT2D eigenvalue weighted by Crippen LogP contribution is -2.63. The summed E-state index contributed by atoms with van der Waals surface area (Å²) in [7, 11) is 9.75. The number of hydrogen-bond donors (Lipinski definition) is 6. The maximum absolute atomic E-state index is 15.3. The molecule has 1 fully saturated rings. The standard InChI is InChI=1S/C73H121N15O14S/c1-24-26-29-46(13)62(90)61-66(94)80-52(25-2)68(96)82(17)39-57(89)86(21)60(49(16)101-33-28-27-32-77-102-40-51-31-30-50(37-75-51)56-38-76-73(74)103-56)65(93)81-58(44(9)10)71(99)83(18)53(34-41(3)4)64(92)78-47(14)63(91)79-48(15)67(95)84(19)54(35-42(5)6)69(97)85(20)55(36-43(7)8)70(98)87(22)59(45(11)12)72(100)88(61)23/h24,26,30-32,37-38,41-49,52-55,58-62,90H,25,27-29,33-36,39-40H2,1-23H3,(H2,74,76)(H,78,92)(H,79,91)(H,80,94)(H,81,93)/t46-,47+,48-,49-,52+,53+,54+,55+,58+,59+,60+,61+,62-/m1/s1. The fourth-order valence-corrected chi connectivity index (χ4v) is 13.0. The first-order valence-corrected chi connectivity index (χ1v) is 36.7.